The Morgan fingerprint density at radius 2 is 1.49 bits per heavy atom. The number of carbonyl (C=O) groups is 9. The number of aliphatic hydroxyl groups excluding tert-OH is 1. The molecule has 2 heterocycles. The van der Waals surface area contributed by atoms with Crippen molar-refractivity contribution < 1.29 is 57.0 Å². The SMILES string of the molecule is CNC(=O)[C@H](CCN(C(=O)CO)[C@@H](c1cc(-c2cc(F)ccc2F)cn1Cc1ccccc1)C(C)(C)C)NC(=O)[C@H](CC(N)=O)NC(=O)[C@H](C)NC(=O)CNC(=O)CN1C(=O)C=CC1=O. The van der Waals surface area contributed by atoms with Crippen LogP contribution in [0.3, 0.4) is 0 Å². The van der Waals surface area contributed by atoms with Crippen LogP contribution in [-0.4, -0.2) is 124 Å². The molecule has 1 aliphatic rings. The Balaban J connectivity index is 1.54. The summed E-state index contributed by atoms with van der Waals surface area (Å²) in [5, 5.41) is 22.0. The Morgan fingerprint density at radius 1 is 0.846 bits per heavy atom. The van der Waals surface area contributed by atoms with E-state index in [9.17, 15) is 52.6 Å². The van der Waals surface area contributed by atoms with Gasteiger partial charge >= 0.3 is 0 Å². The van der Waals surface area contributed by atoms with Crippen molar-refractivity contribution in [3.8, 4) is 11.1 Å². The number of benzene rings is 2. The normalized spacial score (nSPS) is 14.2. The molecule has 0 unspecified atom stereocenters. The molecule has 0 saturated heterocycles. The second kappa shape index (κ2) is 22.4. The number of imide groups is 1. The van der Waals surface area contributed by atoms with Crippen molar-refractivity contribution in [3.05, 3.63) is 95.8 Å². The highest BCUT2D eigenvalue weighted by atomic mass is 19.1. The monoisotopic (exact) mass is 905 g/mol. The molecule has 3 aromatic rings. The van der Waals surface area contributed by atoms with E-state index in [0.29, 0.717) is 16.2 Å². The summed E-state index contributed by atoms with van der Waals surface area (Å²) in [6.45, 7) is 4.43. The molecular weight excluding hydrogens is 853 g/mol. The van der Waals surface area contributed by atoms with Gasteiger partial charge in [0.1, 0.15) is 42.9 Å². The van der Waals surface area contributed by atoms with E-state index in [2.05, 4.69) is 26.6 Å². The maximum atomic E-state index is 15.2. The summed E-state index contributed by atoms with van der Waals surface area (Å²) in [6.07, 6.45) is 2.58. The van der Waals surface area contributed by atoms with Crippen molar-refractivity contribution in [2.24, 2.45) is 11.1 Å². The van der Waals surface area contributed by atoms with Crippen LogP contribution in [0.5, 0.6) is 0 Å². The van der Waals surface area contributed by atoms with E-state index >= 15 is 4.39 Å². The van der Waals surface area contributed by atoms with Crippen LogP contribution >= 0.6 is 0 Å². The molecular formula is C44H53F2N9O10. The van der Waals surface area contributed by atoms with Gasteiger partial charge in [0.05, 0.1) is 19.0 Å². The first-order valence-corrected chi connectivity index (χ1v) is 20.4. The highest BCUT2D eigenvalue weighted by Gasteiger charge is 2.38. The zero-order chi connectivity index (χ0) is 48.2. The Bertz CT molecular complexity index is 2310. The van der Waals surface area contributed by atoms with Crippen LogP contribution in [-0.2, 0) is 49.7 Å². The number of nitrogens with one attached hydrogen (secondary N) is 5. The minimum atomic E-state index is -1.67. The lowest BCUT2D eigenvalue weighted by Gasteiger charge is -2.41. The molecule has 0 spiro atoms. The summed E-state index contributed by atoms with van der Waals surface area (Å²) >= 11 is 0. The highest BCUT2D eigenvalue weighted by molar-refractivity contribution is 6.14. The number of nitrogens with zero attached hydrogens (tertiary/aromatic N) is 3. The molecule has 0 bridgehead atoms. The fourth-order valence-corrected chi connectivity index (χ4v) is 7.11. The predicted molar refractivity (Wildman–Crippen MR) is 229 cm³/mol. The average Bonchev–Trinajstić information content (AvgIpc) is 3.80. The summed E-state index contributed by atoms with van der Waals surface area (Å²) in [4.78, 5) is 116. The van der Waals surface area contributed by atoms with Crippen LogP contribution in [0.2, 0.25) is 0 Å². The second-order valence-corrected chi connectivity index (χ2v) is 16.3. The summed E-state index contributed by atoms with van der Waals surface area (Å²) in [5.41, 5.74) is 6.17. The number of halogens is 2. The van der Waals surface area contributed by atoms with E-state index in [4.69, 9.17) is 5.73 Å². The lowest BCUT2D eigenvalue weighted by Crippen LogP contribution is -2.57. The van der Waals surface area contributed by atoms with Crippen LogP contribution in [0.25, 0.3) is 11.1 Å². The lowest BCUT2D eigenvalue weighted by molar-refractivity contribution is -0.141. The number of aromatic nitrogens is 1. The number of rotatable bonds is 21. The Labute approximate surface area is 373 Å². The maximum absolute atomic E-state index is 15.2. The average molecular weight is 906 g/mol. The van der Waals surface area contributed by atoms with E-state index in [0.717, 1.165) is 35.9 Å². The third-order valence-corrected chi connectivity index (χ3v) is 10.2. The Morgan fingerprint density at radius 3 is 2.09 bits per heavy atom. The van der Waals surface area contributed by atoms with Crippen molar-refractivity contribution in [2.75, 3.05) is 33.3 Å². The van der Waals surface area contributed by atoms with Gasteiger partial charge in [-0.05, 0) is 48.6 Å². The number of hydrogen-bond acceptors (Lipinski definition) is 10. The molecule has 8 N–H and O–H groups in total. The molecule has 4 atom stereocenters. The van der Waals surface area contributed by atoms with E-state index in [1.54, 1.807) is 16.8 Å². The largest absolute Gasteiger partial charge is 0.387 e. The smallest absolute Gasteiger partial charge is 0.254 e. The van der Waals surface area contributed by atoms with Gasteiger partial charge in [0.25, 0.3) is 11.8 Å². The predicted octanol–water partition coefficient (Wildman–Crippen LogP) is -0.0833. The van der Waals surface area contributed by atoms with Crippen molar-refractivity contribution in [2.45, 2.75) is 71.2 Å². The van der Waals surface area contributed by atoms with E-state index in [-0.39, 0.29) is 25.1 Å². The van der Waals surface area contributed by atoms with E-state index in [1.165, 1.54) is 18.9 Å². The Hall–Kier alpha value is -7.29. The zero-order valence-electron chi connectivity index (χ0n) is 36.5. The first kappa shape index (κ1) is 50.4. The number of carbonyl (C=O) groups excluding carboxylic acids is 9. The van der Waals surface area contributed by atoms with Crippen molar-refractivity contribution in [1.82, 2.24) is 41.0 Å². The summed E-state index contributed by atoms with van der Waals surface area (Å²) in [7, 11) is 1.29. The zero-order valence-corrected chi connectivity index (χ0v) is 36.5. The minimum Gasteiger partial charge on any atom is -0.387 e. The molecule has 0 aliphatic carbocycles. The molecule has 9 amide bonds. The van der Waals surface area contributed by atoms with Gasteiger partial charge in [-0.2, -0.15) is 0 Å². The molecule has 65 heavy (non-hydrogen) atoms. The standard InChI is InChI=1S/C44H53F2N9O10/c1-25(50-35(58)20-49-36(59)23-55-37(60)13-14-38(55)61)41(63)52-32(19-34(47)57)43(65)51-31(42(64)48-5)15-16-54(39(62)24-56)40(44(2,3)4)33-17-27(29-18-28(45)11-12-30(29)46)22-53(33)21-26-9-7-6-8-10-26/h6-14,17-18,22,25,31-32,40,56H,15-16,19-21,23-24H2,1-5H3,(H2,47,57)(H,48,64)(H,49,59)(H,50,58)(H,51,65)(H,52,63)/t25-,31-,32-,40-/m0/s1. The van der Waals surface area contributed by atoms with Gasteiger partial charge in [0, 0.05) is 55.3 Å². The van der Waals surface area contributed by atoms with Gasteiger partial charge in [-0.3, -0.25) is 48.1 Å². The number of primary amides is 1. The van der Waals surface area contributed by atoms with Crippen LogP contribution in [0.15, 0.2) is 72.9 Å². The molecule has 0 saturated carbocycles. The van der Waals surface area contributed by atoms with Gasteiger partial charge in [-0.25, -0.2) is 8.78 Å². The molecule has 0 fully saturated rings. The number of hydrogen-bond donors (Lipinski definition) is 7. The summed E-state index contributed by atoms with van der Waals surface area (Å²) < 4.78 is 31.4. The summed E-state index contributed by atoms with van der Waals surface area (Å²) in [6, 6.07) is 8.58. The highest BCUT2D eigenvalue weighted by Crippen LogP contribution is 2.41. The third kappa shape index (κ3) is 13.8. The molecule has 4 rings (SSSR count). The van der Waals surface area contributed by atoms with Crippen LogP contribution in [0.4, 0.5) is 8.78 Å². The van der Waals surface area contributed by atoms with E-state index in [1.807, 2.05) is 51.1 Å². The van der Waals surface area contributed by atoms with Crippen LogP contribution in [0, 0.1) is 17.0 Å². The fraction of sp³-hybridized carbons (Fsp3) is 0.386. The maximum Gasteiger partial charge on any atom is 0.254 e. The fourth-order valence-electron chi connectivity index (χ4n) is 7.11. The van der Waals surface area contributed by atoms with Gasteiger partial charge in [0.15, 0.2) is 0 Å². The topological polar surface area (TPSA) is 271 Å². The summed E-state index contributed by atoms with van der Waals surface area (Å²) in [5.74, 6) is -9.00. The molecule has 348 valence electrons. The molecule has 0 radical (unpaired) electrons. The van der Waals surface area contributed by atoms with Gasteiger partial charge < -0.3 is 46.9 Å². The Kier molecular flexibility index (Phi) is 17.3. The second-order valence-electron chi connectivity index (χ2n) is 16.3. The number of nitrogens with two attached hydrogens (primary N) is 1. The molecule has 2 aromatic carbocycles. The number of aliphatic hydroxyl groups is 1. The van der Waals surface area contributed by atoms with Crippen LogP contribution < -0.4 is 32.3 Å². The molecule has 19 nitrogen and oxygen atoms in total. The van der Waals surface area contributed by atoms with Crippen molar-refractivity contribution >= 4 is 53.2 Å². The third-order valence-electron chi connectivity index (χ3n) is 10.2. The number of amides is 9. The van der Waals surface area contributed by atoms with Crippen molar-refractivity contribution in [1.29, 1.82) is 0 Å². The quantitative estimate of drug-likeness (QED) is 0.0699. The molecule has 1 aliphatic heterocycles. The molecule has 21 heteroatoms. The van der Waals surface area contributed by atoms with E-state index < -0.39 is 120 Å². The first-order chi connectivity index (χ1) is 30.6. The van der Waals surface area contributed by atoms with Crippen molar-refractivity contribution in [3.63, 3.8) is 0 Å². The minimum absolute atomic E-state index is 0.0308. The van der Waals surface area contributed by atoms with Gasteiger partial charge in [-0.15, -0.1) is 0 Å². The first-order valence-electron chi connectivity index (χ1n) is 20.4. The van der Waals surface area contributed by atoms with Gasteiger partial charge in [-0.1, -0.05) is 51.1 Å². The lowest BCUT2D eigenvalue weighted by atomic mass is 9.82. The number of likely N-dealkylation sites (N-methyl/N-ethyl adjacent to an activating group) is 1. The van der Waals surface area contributed by atoms with Gasteiger partial charge in [0.2, 0.25) is 41.4 Å². The molecule has 1 aromatic heterocycles. The van der Waals surface area contributed by atoms with Crippen LogP contribution in [0.1, 0.15) is 57.8 Å².